The minimum atomic E-state index is -4.40. The van der Waals surface area contributed by atoms with Crippen LogP contribution in [0.4, 0.5) is 13.2 Å². The molecule has 0 radical (unpaired) electrons. The normalized spacial score (nSPS) is 13.9. The second kappa shape index (κ2) is 9.75. The molecule has 1 atom stereocenters. The fourth-order valence-electron chi connectivity index (χ4n) is 4.16. The van der Waals surface area contributed by atoms with Crippen molar-refractivity contribution >= 4 is 12.0 Å². The van der Waals surface area contributed by atoms with E-state index in [4.69, 9.17) is 9.47 Å². The minimum absolute atomic E-state index is 0.0668. The minimum Gasteiger partial charge on any atom is -0.460 e. The maximum absolute atomic E-state index is 13.1. The average molecular weight is 466 g/mol. The van der Waals surface area contributed by atoms with Gasteiger partial charge in [0.25, 0.3) is 0 Å². The quantitative estimate of drug-likeness (QED) is 0.339. The SMILES string of the molecule is CC(C)C(C(=O)OCc1cccc(Oc2ccccc2)c1)C1=Cc2cc(C(F)(F)F)ccc2C1. The zero-order valence-corrected chi connectivity index (χ0v) is 18.9. The Balaban J connectivity index is 1.44. The molecule has 0 N–H and O–H groups in total. The fraction of sp³-hybridized carbons (Fsp3) is 0.250. The van der Waals surface area contributed by atoms with Crippen molar-refractivity contribution in [2.24, 2.45) is 11.8 Å². The molecule has 34 heavy (non-hydrogen) atoms. The van der Waals surface area contributed by atoms with Gasteiger partial charge in [-0.05, 0) is 65.4 Å². The van der Waals surface area contributed by atoms with Crippen LogP contribution in [0.25, 0.3) is 6.08 Å². The topological polar surface area (TPSA) is 35.5 Å². The predicted octanol–water partition coefficient (Wildman–Crippen LogP) is 7.45. The lowest BCUT2D eigenvalue weighted by Gasteiger charge is -2.21. The number of hydrogen-bond acceptors (Lipinski definition) is 3. The van der Waals surface area contributed by atoms with Crippen LogP contribution < -0.4 is 4.74 Å². The molecule has 0 amide bonds. The number of carbonyl (C=O) groups is 1. The van der Waals surface area contributed by atoms with Crippen LogP contribution >= 0.6 is 0 Å². The third-order valence-corrected chi connectivity index (χ3v) is 5.79. The molecule has 0 heterocycles. The van der Waals surface area contributed by atoms with E-state index in [2.05, 4.69) is 0 Å². The smallest absolute Gasteiger partial charge is 0.416 e. The third kappa shape index (κ3) is 5.50. The molecule has 0 fully saturated rings. The van der Waals surface area contributed by atoms with Crippen LogP contribution in [0, 0.1) is 11.8 Å². The Morgan fingerprint density at radius 2 is 1.68 bits per heavy atom. The Hall–Kier alpha value is -3.54. The highest BCUT2D eigenvalue weighted by Crippen LogP contribution is 2.37. The zero-order chi connectivity index (χ0) is 24.3. The Morgan fingerprint density at radius 1 is 0.941 bits per heavy atom. The number of para-hydroxylation sites is 1. The Bertz CT molecular complexity index is 1200. The first-order chi connectivity index (χ1) is 16.2. The summed E-state index contributed by atoms with van der Waals surface area (Å²) < 4.78 is 50.7. The molecule has 3 aromatic carbocycles. The highest BCUT2D eigenvalue weighted by Gasteiger charge is 2.34. The lowest BCUT2D eigenvalue weighted by atomic mass is 9.87. The van der Waals surface area contributed by atoms with Gasteiger partial charge in [-0.15, -0.1) is 0 Å². The Kier molecular flexibility index (Phi) is 6.77. The van der Waals surface area contributed by atoms with Crippen molar-refractivity contribution in [2.45, 2.75) is 33.1 Å². The summed E-state index contributed by atoms with van der Waals surface area (Å²) in [7, 11) is 0. The summed E-state index contributed by atoms with van der Waals surface area (Å²) >= 11 is 0. The molecule has 3 nitrogen and oxygen atoms in total. The molecular formula is C28H25F3O3. The van der Waals surface area contributed by atoms with E-state index in [1.807, 2.05) is 68.4 Å². The van der Waals surface area contributed by atoms with Crippen LogP contribution in [0.2, 0.25) is 0 Å². The van der Waals surface area contributed by atoms with Gasteiger partial charge in [-0.2, -0.15) is 13.2 Å². The van der Waals surface area contributed by atoms with Crippen molar-refractivity contribution < 1.29 is 27.4 Å². The van der Waals surface area contributed by atoms with Gasteiger partial charge in [0.05, 0.1) is 11.5 Å². The maximum atomic E-state index is 13.1. The number of rotatable bonds is 7. The van der Waals surface area contributed by atoms with Crippen molar-refractivity contribution in [3.05, 3.63) is 101 Å². The monoisotopic (exact) mass is 466 g/mol. The average Bonchev–Trinajstić information content (AvgIpc) is 3.20. The molecular weight excluding hydrogens is 441 g/mol. The summed E-state index contributed by atoms with van der Waals surface area (Å²) in [5.74, 6) is 0.348. The van der Waals surface area contributed by atoms with E-state index in [-0.39, 0.29) is 18.5 Å². The number of hydrogen-bond donors (Lipinski definition) is 0. The zero-order valence-electron chi connectivity index (χ0n) is 18.9. The summed E-state index contributed by atoms with van der Waals surface area (Å²) in [6.45, 7) is 3.89. The van der Waals surface area contributed by atoms with Gasteiger partial charge in [-0.1, -0.05) is 61.9 Å². The molecule has 0 saturated carbocycles. The van der Waals surface area contributed by atoms with E-state index in [1.54, 1.807) is 6.08 Å². The van der Waals surface area contributed by atoms with Crippen molar-refractivity contribution in [3.63, 3.8) is 0 Å². The van der Waals surface area contributed by atoms with E-state index >= 15 is 0 Å². The summed E-state index contributed by atoms with van der Waals surface area (Å²) in [4.78, 5) is 13.0. The molecule has 0 spiro atoms. The molecule has 0 aromatic heterocycles. The van der Waals surface area contributed by atoms with E-state index in [1.165, 1.54) is 6.07 Å². The number of carbonyl (C=O) groups excluding carboxylic acids is 1. The highest BCUT2D eigenvalue weighted by molar-refractivity contribution is 5.80. The Morgan fingerprint density at radius 3 is 2.38 bits per heavy atom. The first-order valence-electron chi connectivity index (χ1n) is 11.1. The van der Waals surface area contributed by atoms with E-state index in [9.17, 15) is 18.0 Å². The van der Waals surface area contributed by atoms with Crippen molar-refractivity contribution in [1.29, 1.82) is 0 Å². The van der Waals surface area contributed by atoms with Crippen LogP contribution in [-0.2, 0) is 28.7 Å². The molecule has 0 bridgehead atoms. The Labute approximate surface area is 196 Å². The van der Waals surface area contributed by atoms with Gasteiger partial charge >= 0.3 is 12.1 Å². The highest BCUT2D eigenvalue weighted by atomic mass is 19.4. The summed E-state index contributed by atoms with van der Waals surface area (Å²) in [6, 6.07) is 20.4. The van der Waals surface area contributed by atoms with Crippen LogP contribution in [0.5, 0.6) is 11.5 Å². The fourth-order valence-corrected chi connectivity index (χ4v) is 4.16. The number of fused-ring (bicyclic) bond motifs is 1. The lowest BCUT2D eigenvalue weighted by molar-refractivity contribution is -0.150. The second-order valence-corrected chi connectivity index (χ2v) is 8.70. The van der Waals surface area contributed by atoms with E-state index < -0.39 is 17.7 Å². The van der Waals surface area contributed by atoms with Crippen molar-refractivity contribution in [2.75, 3.05) is 0 Å². The first kappa shape index (κ1) is 23.6. The molecule has 1 aliphatic carbocycles. The third-order valence-electron chi connectivity index (χ3n) is 5.79. The molecule has 1 unspecified atom stereocenters. The van der Waals surface area contributed by atoms with E-state index in [0.717, 1.165) is 28.8 Å². The molecule has 176 valence electrons. The van der Waals surface area contributed by atoms with Crippen LogP contribution in [0.15, 0.2) is 78.4 Å². The molecule has 3 aromatic rings. The molecule has 0 saturated heterocycles. The first-order valence-corrected chi connectivity index (χ1v) is 11.1. The van der Waals surface area contributed by atoms with Gasteiger partial charge in [-0.3, -0.25) is 4.79 Å². The van der Waals surface area contributed by atoms with Crippen LogP contribution in [-0.4, -0.2) is 5.97 Å². The molecule has 6 heteroatoms. The summed E-state index contributed by atoms with van der Waals surface area (Å²) in [5.41, 5.74) is 2.16. The predicted molar refractivity (Wildman–Crippen MR) is 124 cm³/mol. The number of alkyl halides is 3. The number of benzene rings is 3. The van der Waals surface area contributed by atoms with Crippen molar-refractivity contribution in [1.82, 2.24) is 0 Å². The van der Waals surface area contributed by atoms with Gasteiger partial charge < -0.3 is 9.47 Å². The van der Waals surface area contributed by atoms with E-state index in [0.29, 0.717) is 23.5 Å². The second-order valence-electron chi connectivity index (χ2n) is 8.70. The summed E-state index contributed by atoms with van der Waals surface area (Å²) in [6.07, 6.45) is -2.27. The van der Waals surface area contributed by atoms with Gasteiger partial charge in [0.2, 0.25) is 0 Å². The maximum Gasteiger partial charge on any atom is 0.416 e. The number of esters is 1. The lowest BCUT2D eigenvalue weighted by Crippen LogP contribution is -2.25. The standard InChI is InChI=1S/C28H25F3O3/c1-18(2)26(22-14-20-11-12-23(28(29,30)31)16-21(20)15-22)27(32)33-17-19-7-6-10-25(13-19)34-24-8-4-3-5-9-24/h3-13,15-16,18,26H,14,17H2,1-2H3. The van der Waals surface area contributed by atoms with Gasteiger partial charge in [0.1, 0.15) is 18.1 Å². The van der Waals surface area contributed by atoms with Crippen molar-refractivity contribution in [3.8, 4) is 11.5 Å². The summed E-state index contributed by atoms with van der Waals surface area (Å²) in [5, 5.41) is 0. The number of halogens is 3. The van der Waals surface area contributed by atoms with Gasteiger partial charge in [0, 0.05) is 0 Å². The largest absolute Gasteiger partial charge is 0.460 e. The number of ether oxygens (including phenoxy) is 2. The molecule has 0 aliphatic heterocycles. The van der Waals surface area contributed by atoms with Gasteiger partial charge in [0.15, 0.2) is 0 Å². The molecule has 1 aliphatic rings. The van der Waals surface area contributed by atoms with Crippen LogP contribution in [0.1, 0.15) is 36.1 Å². The molecule has 4 rings (SSSR count). The van der Waals surface area contributed by atoms with Crippen LogP contribution in [0.3, 0.4) is 0 Å². The van der Waals surface area contributed by atoms with Gasteiger partial charge in [-0.25, -0.2) is 0 Å².